The molecule has 3 aromatic heterocycles. The molecule has 0 bridgehead atoms. The van der Waals surface area contributed by atoms with Crippen LogP contribution in [0.2, 0.25) is 5.15 Å². The van der Waals surface area contributed by atoms with Gasteiger partial charge in [0, 0.05) is 29.5 Å². The third-order valence-electron chi connectivity index (χ3n) is 3.89. The van der Waals surface area contributed by atoms with Crippen LogP contribution in [0.5, 0.6) is 5.88 Å². The molecule has 0 aliphatic rings. The molecule has 6 heteroatoms. The fourth-order valence-corrected chi connectivity index (χ4v) is 3.55. The van der Waals surface area contributed by atoms with Crippen LogP contribution in [0.3, 0.4) is 0 Å². The minimum atomic E-state index is 0.607. The standard InChI is InChI=1S/C19H19BrClN3O/c1-13-4-6-17(21)24(10-13)19-14(2)8-16(20)12-23(19)11-15-5-7-18(25-3)22-9-15/h4-10,12H,11H2,1-3H3/q+2. The smallest absolute Gasteiger partial charge is 0.453 e. The predicted molar refractivity (Wildman–Crippen MR) is 100 cm³/mol. The van der Waals surface area contributed by atoms with E-state index in [2.05, 4.69) is 51.6 Å². The first kappa shape index (κ1) is 17.8. The molecule has 0 spiro atoms. The Balaban J connectivity index is 2.10. The summed E-state index contributed by atoms with van der Waals surface area (Å²) in [5.41, 5.74) is 3.34. The number of aromatic nitrogens is 3. The Hall–Kier alpha value is -1.98. The van der Waals surface area contributed by atoms with Crippen molar-refractivity contribution in [3.05, 3.63) is 75.2 Å². The molecular formula is C19H19BrClN3O+2. The van der Waals surface area contributed by atoms with Crippen molar-refractivity contribution in [3.8, 4) is 11.7 Å². The van der Waals surface area contributed by atoms with Crippen molar-refractivity contribution in [2.24, 2.45) is 0 Å². The van der Waals surface area contributed by atoms with E-state index in [4.69, 9.17) is 16.3 Å². The number of hydrogen-bond acceptors (Lipinski definition) is 2. The molecule has 0 radical (unpaired) electrons. The summed E-state index contributed by atoms with van der Waals surface area (Å²) in [6, 6.07) is 9.89. The maximum Gasteiger partial charge on any atom is 0.453 e. The zero-order valence-electron chi connectivity index (χ0n) is 14.3. The van der Waals surface area contributed by atoms with Gasteiger partial charge in [0.05, 0.1) is 17.1 Å². The highest BCUT2D eigenvalue weighted by Crippen LogP contribution is 2.15. The van der Waals surface area contributed by atoms with E-state index in [0.717, 1.165) is 27.0 Å². The maximum atomic E-state index is 6.47. The number of ether oxygens (including phenoxy) is 1. The van der Waals surface area contributed by atoms with E-state index in [-0.39, 0.29) is 0 Å². The lowest BCUT2D eigenvalue weighted by atomic mass is 10.2. The van der Waals surface area contributed by atoms with E-state index in [0.29, 0.717) is 17.6 Å². The van der Waals surface area contributed by atoms with Gasteiger partial charge in [-0.25, -0.2) is 4.98 Å². The highest BCUT2D eigenvalue weighted by atomic mass is 79.9. The third kappa shape index (κ3) is 3.99. The van der Waals surface area contributed by atoms with Crippen molar-refractivity contribution in [1.29, 1.82) is 0 Å². The topological polar surface area (TPSA) is 29.9 Å². The second-order valence-electron chi connectivity index (χ2n) is 5.90. The molecule has 0 aromatic carbocycles. The zero-order valence-corrected chi connectivity index (χ0v) is 16.7. The van der Waals surface area contributed by atoms with E-state index in [9.17, 15) is 0 Å². The summed E-state index contributed by atoms with van der Waals surface area (Å²) in [6.07, 6.45) is 5.92. The van der Waals surface area contributed by atoms with E-state index in [1.54, 1.807) is 7.11 Å². The Morgan fingerprint density at radius 1 is 1.16 bits per heavy atom. The number of aryl methyl sites for hydroxylation is 2. The van der Waals surface area contributed by atoms with Crippen LogP contribution in [0.25, 0.3) is 5.82 Å². The normalized spacial score (nSPS) is 10.8. The molecule has 3 aromatic rings. The van der Waals surface area contributed by atoms with E-state index in [1.807, 2.05) is 41.2 Å². The number of hydrogen-bond donors (Lipinski definition) is 0. The zero-order chi connectivity index (χ0) is 18.0. The molecule has 0 amide bonds. The summed E-state index contributed by atoms with van der Waals surface area (Å²) in [4.78, 5) is 4.29. The van der Waals surface area contributed by atoms with Gasteiger partial charge >= 0.3 is 5.82 Å². The molecule has 0 unspecified atom stereocenters. The Bertz CT molecular complexity index is 913. The largest absolute Gasteiger partial charge is 0.481 e. The average molecular weight is 421 g/mol. The van der Waals surface area contributed by atoms with Crippen LogP contribution in [-0.2, 0) is 6.54 Å². The van der Waals surface area contributed by atoms with Crippen molar-refractivity contribution in [2.45, 2.75) is 20.4 Å². The fraction of sp³-hybridized carbons (Fsp3) is 0.211. The average Bonchev–Trinajstić information content (AvgIpc) is 2.58. The molecule has 3 heterocycles. The van der Waals surface area contributed by atoms with Gasteiger partial charge in [-0.2, -0.15) is 0 Å². The van der Waals surface area contributed by atoms with Crippen LogP contribution in [0.15, 0.2) is 53.4 Å². The highest BCUT2D eigenvalue weighted by Gasteiger charge is 2.28. The van der Waals surface area contributed by atoms with Gasteiger partial charge in [0.1, 0.15) is 0 Å². The Morgan fingerprint density at radius 2 is 1.96 bits per heavy atom. The van der Waals surface area contributed by atoms with Gasteiger partial charge < -0.3 is 4.74 Å². The summed E-state index contributed by atoms with van der Waals surface area (Å²) in [7, 11) is 1.61. The molecule has 128 valence electrons. The molecule has 4 nitrogen and oxygen atoms in total. The molecule has 0 aliphatic heterocycles. The summed E-state index contributed by atoms with van der Waals surface area (Å²) in [6.45, 7) is 4.80. The van der Waals surface area contributed by atoms with Crippen LogP contribution in [-0.4, -0.2) is 12.1 Å². The summed E-state index contributed by atoms with van der Waals surface area (Å²) in [5, 5.41) is 0.664. The summed E-state index contributed by atoms with van der Waals surface area (Å²) in [5.74, 6) is 1.63. The van der Waals surface area contributed by atoms with E-state index in [1.165, 1.54) is 0 Å². The Morgan fingerprint density at radius 3 is 2.64 bits per heavy atom. The lowest BCUT2D eigenvalue weighted by Gasteiger charge is -2.05. The monoisotopic (exact) mass is 419 g/mol. The number of nitrogens with zero attached hydrogens (tertiary/aromatic N) is 3. The fourth-order valence-electron chi connectivity index (χ4n) is 2.77. The second-order valence-corrected chi connectivity index (χ2v) is 7.20. The maximum absolute atomic E-state index is 6.47. The van der Waals surface area contributed by atoms with Gasteiger partial charge in [0.15, 0.2) is 18.9 Å². The molecule has 25 heavy (non-hydrogen) atoms. The van der Waals surface area contributed by atoms with Crippen molar-refractivity contribution in [3.63, 3.8) is 0 Å². The van der Waals surface area contributed by atoms with Crippen LogP contribution in [0.4, 0.5) is 0 Å². The number of rotatable bonds is 4. The first-order chi connectivity index (χ1) is 12.0. The molecule has 0 aliphatic carbocycles. The van der Waals surface area contributed by atoms with Crippen LogP contribution >= 0.6 is 27.5 Å². The quantitative estimate of drug-likeness (QED) is 0.475. The van der Waals surface area contributed by atoms with Gasteiger partial charge in [-0.15, -0.1) is 4.57 Å². The van der Waals surface area contributed by atoms with Gasteiger partial charge in [-0.1, -0.05) is 4.57 Å². The van der Waals surface area contributed by atoms with E-state index >= 15 is 0 Å². The number of pyridine rings is 3. The van der Waals surface area contributed by atoms with Crippen molar-refractivity contribution in [2.75, 3.05) is 7.11 Å². The van der Waals surface area contributed by atoms with Gasteiger partial charge in [-0.3, -0.25) is 0 Å². The molecule has 0 saturated carbocycles. The molecule has 3 rings (SSSR count). The van der Waals surface area contributed by atoms with Crippen LogP contribution in [0, 0.1) is 13.8 Å². The lowest BCUT2D eigenvalue weighted by Crippen LogP contribution is -2.50. The van der Waals surface area contributed by atoms with E-state index < -0.39 is 0 Å². The first-order valence-corrected chi connectivity index (χ1v) is 9.01. The highest BCUT2D eigenvalue weighted by molar-refractivity contribution is 9.10. The Labute approximate surface area is 160 Å². The minimum absolute atomic E-state index is 0.607. The van der Waals surface area contributed by atoms with Crippen molar-refractivity contribution >= 4 is 27.5 Å². The summed E-state index contributed by atoms with van der Waals surface area (Å²) >= 11 is 10.1. The lowest BCUT2D eigenvalue weighted by molar-refractivity contribution is -0.787. The molecular weight excluding hydrogens is 402 g/mol. The SMILES string of the molecule is COc1ccc(C[n+]2cc(Br)cc(C)c2-[n+]2cc(C)ccc2Cl)cn1. The second kappa shape index (κ2) is 7.50. The number of halogens is 2. The molecule has 0 N–H and O–H groups in total. The minimum Gasteiger partial charge on any atom is -0.481 e. The number of methoxy groups -OCH3 is 1. The van der Waals surface area contributed by atoms with Gasteiger partial charge in [-0.05, 0) is 59.6 Å². The first-order valence-electron chi connectivity index (χ1n) is 7.84. The van der Waals surface area contributed by atoms with Crippen LogP contribution < -0.4 is 13.9 Å². The predicted octanol–water partition coefficient (Wildman–Crippen LogP) is 3.74. The molecule has 0 atom stereocenters. The van der Waals surface area contributed by atoms with Crippen molar-refractivity contribution < 1.29 is 13.9 Å². The van der Waals surface area contributed by atoms with Crippen LogP contribution in [0.1, 0.15) is 16.7 Å². The molecule has 0 fully saturated rings. The van der Waals surface area contributed by atoms with Gasteiger partial charge in [0.25, 0.3) is 5.15 Å². The summed E-state index contributed by atoms with van der Waals surface area (Å²) < 4.78 is 10.3. The molecule has 0 saturated heterocycles. The third-order valence-corrected chi connectivity index (χ3v) is 4.63. The Kier molecular flexibility index (Phi) is 5.35. The van der Waals surface area contributed by atoms with Crippen molar-refractivity contribution in [1.82, 2.24) is 4.98 Å². The van der Waals surface area contributed by atoms with Gasteiger partial charge in [0.2, 0.25) is 5.88 Å².